The monoisotopic (exact) mass is 470 g/mol. The molecule has 0 bridgehead atoms. The summed E-state index contributed by atoms with van der Waals surface area (Å²) < 4.78 is 33.7. The van der Waals surface area contributed by atoms with Crippen molar-refractivity contribution in [3.63, 3.8) is 0 Å². The molecule has 0 N–H and O–H groups in total. The van der Waals surface area contributed by atoms with Crippen LogP contribution in [-0.4, -0.2) is 40.8 Å². The van der Waals surface area contributed by atoms with Crippen LogP contribution in [0.25, 0.3) is 0 Å². The lowest BCUT2D eigenvalue weighted by Gasteiger charge is -2.27. The molecule has 8 heteroatoms. The number of amides is 1. The Morgan fingerprint density at radius 2 is 1.53 bits per heavy atom. The summed E-state index contributed by atoms with van der Waals surface area (Å²) in [5, 5.41) is 0. The van der Waals surface area contributed by atoms with Crippen LogP contribution in [-0.2, 0) is 14.8 Å². The highest BCUT2D eigenvalue weighted by atomic mass is 32.2. The minimum absolute atomic E-state index is 0.124. The molecule has 168 valence electrons. The molecule has 1 amide bonds. The highest BCUT2D eigenvalue weighted by molar-refractivity contribution is 7.98. The van der Waals surface area contributed by atoms with E-state index in [1.807, 2.05) is 31.4 Å². The van der Waals surface area contributed by atoms with Gasteiger partial charge in [0.2, 0.25) is 5.91 Å². The van der Waals surface area contributed by atoms with Gasteiger partial charge in [-0.25, -0.2) is 8.42 Å². The van der Waals surface area contributed by atoms with Gasteiger partial charge in [-0.2, -0.15) is 0 Å². The number of hydrogen-bond acceptors (Lipinski definition) is 5. The van der Waals surface area contributed by atoms with Crippen molar-refractivity contribution in [1.82, 2.24) is 0 Å². The maximum atomic E-state index is 13.6. The van der Waals surface area contributed by atoms with Gasteiger partial charge >= 0.3 is 0 Å². The number of carbonyl (C=O) groups is 1. The van der Waals surface area contributed by atoms with Gasteiger partial charge in [-0.15, -0.1) is 11.8 Å². The van der Waals surface area contributed by atoms with E-state index in [1.54, 1.807) is 67.7 Å². The smallest absolute Gasteiger partial charge is 0.264 e. The van der Waals surface area contributed by atoms with Crippen molar-refractivity contribution in [1.29, 1.82) is 0 Å². The van der Waals surface area contributed by atoms with E-state index >= 15 is 0 Å². The zero-order valence-electron chi connectivity index (χ0n) is 18.3. The molecule has 3 rings (SSSR count). The van der Waals surface area contributed by atoms with E-state index in [4.69, 9.17) is 4.74 Å². The number of rotatable bonds is 9. The van der Waals surface area contributed by atoms with E-state index < -0.39 is 10.0 Å². The van der Waals surface area contributed by atoms with E-state index in [0.717, 1.165) is 9.20 Å². The van der Waals surface area contributed by atoms with Gasteiger partial charge in [0.15, 0.2) is 0 Å². The van der Waals surface area contributed by atoms with Crippen LogP contribution < -0.4 is 13.9 Å². The summed E-state index contributed by atoms with van der Waals surface area (Å²) in [6.07, 6.45) is 1.92. The third kappa shape index (κ3) is 5.44. The average molecular weight is 471 g/mol. The van der Waals surface area contributed by atoms with Crippen LogP contribution in [0.15, 0.2) is 88.7 Å². The van der Waals surface area contributed by atoms with Crippen LogP contribution in [0.3, 0.4) is 0 Å². The molecule has 0 aromatic heterocycles. The minimum Gasteiger partial charge on any atom is -0.494 e. The van der Waals surface area contributed by atoms with Gasteiger partial charge in [-0.1, -0.05) is 18.2 Å². The molecule has 0 radical (unpaired) electrons. The minimum atomic E-state index is -3.98. The number of sulfonamides is 1. The first-order valence-corrected chi connectivity index (χ1v) is 12.7. The maximum Gasteiger partial charge on any atom is 0.264 e. The molecule has 0 aliphatic rings. The number of ether oxygens (including phenoxy) is 1. The fraction of sp³-hybridized carbons (Fsp3) is 0.208. The SMILES string of the molecule is CCOc1ccc(N(CC(=O)N(C)c2ccccc2)S(=O)(=O)c2ccc(SC)cc2)cc1. The quantitative estimate of drug-likeness (QED) is 0.425. The number of thioether (sulfide) groups is 1. The van der Waals surface area contributed by atoms with Crippen LogP contribution in [0, 0.1) is 0 Å². The van der Waals surface area contributed by atoms with Gasteiger partial charge in [0.1, 0.15) is 12.3 Å². The second-order valence-corrected chi connectivity index (χ2v) is 9.64. The molecule has 6 nitrogen and oxygen atoms in total. The Balaban J connectivity index is 1.97. The maximum absolute atomic E-state index is 13.6. The van der Waals surface area contributed by atoms with Crippen LogP contribution in [0.1, 0.15) is 6.92 Å². The van der Waals surface area contributed by atoms with Gasteiger partial charge < -0.3 is 9.64 Å². The summed E-state index contributed by atoms with van der Waals surface area (Å²) in [6.45, 7) is 2.04. The van der Waals surface area contributed by atoms with E-state index in [1.165, 1.54) is 16.7 Å². The van der Waals surface area contributed by atoms with E-state index in [9.17, 15) is 13.2 Å². The molecule has 0 spiro atoms. The lowest BCUT2D eigenvalue weighted by atomic mass is 10.3. The van der Waals surface area contributed by atoms with E-state index in [0.29, 0.717) is 23.7 Å². The molecule has 0 fully saturated rings. The lowest BCUT2D eigenvalue weighted by Crippen LogP contribution is -2.41. The number of likely N-dealkylation sites (N-methyl/N-ethyl adjacent to an activating group) is 1. The topological polar surface area (TPSA) is 66.9 Å². The third-order valence-corrected chi connectivity index (χ3v) is 7.41. The molecule has 0 atom stereocenters. The van der Waals surface area contributed by atoms with E-state index in [2.05, 4.69) is 0 Å². The van der Waals surface area contributed by atoms with Crippen molar-refractivity contribution in [3.05, 3.63) is 78.9 Å². The standard InChI is InChI=1S/C24H26N2O4S2/c1-4-30-21-12-10-20(11-13-21)26(18-24(27)25(2)19-8-6-5-7-9-19)32(28,29)23-16-14-22(31-3)15-17-23/h5-17H,4,18H2,1-3H3. The van der Waals surface area contributed by atoms with E-state index in [-0.39, 0.29) is 17.3 Å². The second kappa shape index (κ2) is 10.6. The third-order valence-electron chi connectivity index (χ3n) is 4.88. The first-order chi connectivity index (χ1) is 15.4. The normalized spacial score (nSPS) is 11.1. The highest BCUT2D eigenvalue weighted by Crippen LogP contribution is 2.27. The van der Waals surface area contributed by atoms with Gasteiger partial charge in [0.05, 0.1) is 17.2 Å². The highest BCUT2D eigenvalue weighted by Gasteiger charge is 2.28. The number of para-hydroxylation sites is 1. The number of hydrogen-bond donors (Lipinski definition) is 0. The van der Waals surface area contributed by atoms with Gasteiger partial charge in [0, 0.05) is 17.6 Å². The summed E-state index contributed by atoms with van der Waals surface area (Å²) in [6, 6.07) is 22.4. The second-order valence-electron chi connectivity index (χ2n) is 6.90. The average Bonchev–Trinajstić information content (AvgIpc) is 2.83. The number of anilines is 2. The number of nitrogens with zero attached hydrogens (tertiary/aromatic N) is 2. The number of carbonyl (C=O) groups excluding carboxylic acids is 1. The Labute approximate surface area is 193 Å². The Bertz CT molecular complexity index is 1130. The molecule has 0 aliphatic heterocycles. The van der Waals surface area contributed by atoms with Crippen molar-refractivity contribution in [2.75, 3.05) is 35.7 Å². The number of benzene rings is 3. The van der Waals surface area contributed by atoms with Crippen molar-refractivity contribution < 1.29 is 17.9 Å². The Morgan fingerprint density at radius 1 is 0.906 bits per heavy atom. The molecular formula is C24H26N2O4S2. The fourth-order valence-corrected chi connectivity index (χ4v) is 4.91. The largest absolute Gasteiger partial charge is 0.494 e. The molecule has 0 saturated heterocycles. The first kappa shape index (κ1) is 23.7. The van der Waals surface area contributed by atoms with Crippen molar-refractivity contribution >= 4 is 39.1 Å². The van der Waals surface area contributed by atoms with Crippen LogP contribution in [0.4, 0.5) is 11.4 Å². The molecule has 0 unspecified atom stereocenters. The van der Waals surface area contributed by atoms with Gasteiger partial charge in [0.25, 0.3) is 10.0 Å². The Kier molecular flexibility index (Phi) is 7.82. The summed E-state index contributed by atoms with van der Waals surface area (Å²) in [5.74, 6) is 0.278. The zero-order valence-corrected chi connectivity index (χ0v) is 19.9. The summed E-state index contributed by atoms with van der Waals surface area (Å²) in [5.41, 5.74) is 1.07. The van der Waals surface area contributed by atoms with Gasteiger partial charge in [-0.3, -0.25) is 9.10 Å². The molecule has 3 aromatic rings. The summed E-state index contributed by atoms with van der Waals surface area (Å²) >= 11 is 1.53. The first-order valence-electron chi connectivity index (χ1n) is 10.1. The lowest BCUT2D eigenvalue weighted by molar-refractivity contribution is -0.116. The van der Waals surface area contributed by atoms with Crippen molar-refractivity contribution in [3.8, 4) is 5.75 Å². The fourth-order valence-electron chi connectivity index (χ4n) is 3.09. The molecule has 0 aliphatic carbocycles. The summed E-state index contributed by atoms with van der Waals surface area (Å²) in [7, 11) is -2.35. The summed E-state index contributed by atoms with van der Waals surface area (Å²) in [4.78, 5) is 15.6. The van der Waals surface area contributed by atoms with Crippen LogP contribution >= 0.6 is 11.8 Å². The Morgan fingerprint density at radius 3 is 2.09 bits per heavy atom. The molecule has 32 heavy (non-hydrogen) atoms. The van der Waals surface area contributed by atoms with Crippen molar-refractivity contribution in [2.45, 2.75) is 16.7 Å². The Hall–Kier alpha value is -2.97. The molecule has 0 saturated carbocycles. The predicted molar refractivity (Wildman–Crippen MR) is 130 cm³/mol. The van der Waals surface area contributed by atoms with Crippen LogP contribution in [0.2, 0.25) is 0 Å². The van der Waals surface area contributed by atoms with Gasteiger partial charge in [-0.05, 0) is 73.8 Å². The predicted octanol–water partition coefficient (Wildman–Crippen LogP) is 4.67. The molecule has 0 heterocycles. The molecule has 3 aromatic carbocycles. The van der Waals surface area contributed by atoms with Crippen molar-refractivity contribution in [2.24, 2.45) is 0 Å². The van der Waals surface area contributed by atoms with Crippen LogP contribution in [0.5, 0.6) is 5.75 Å². The zero-order chi connectivity index (χ0) is 23.1. The molecular weight excluding hydrogens is 444 g/mol.